The van der Waals surface area contributed by atoms with Crippen molar-refractivity contribution in [2.75, 3.05) is 14.1 Å². The van der Waals surface area contributed by atoms with Crippen LogP contribution in [0.25, 0.3) is 10.9 Å². The SMILES string of the molecule is Cc1ccc2c(S(=O)(=O)N(C)C)ccc(O)c2n1. The molecule has 0 radical (unpaired) electrons. The molecule has 0 saturated carbocycles. The molecule has 2 rings (SSSR count). The Morgan fingerprint density at radius 2 is 1.83 bits per heavy atom. The molecule has 0 fully saturated rings. The lowest BCUT2D eigenvalue weighted by Gasteiger charge is -2.14. The summed E-state index contributed by atoms with van der Waals surface area (Å²) in [6.45, 7) is 1.78. The predicted molar refractivity (Wildman–Crippen MR) is 69.0 cm³/mol. The highest BCUT2D eigenvalue weighted by Crippen LogP contribution is 2.30. The number of sulfonamides is 1. The number of phenols is 1. The van der Waals surface area contributed by atoms with Crippen LogP contribution in [0.15, 0.2) is 29.2 Å². The Balaban J connectivity index is 2.87. The van der Waals surface area contributed by atoms with Gasteiger partial charge in [-0.05, 0) is 31.2 Å². The van der Waals surface area contributed by atoms with Crippen molar-refractivity contribution >= 4 is 20.9 Å². The van der Waals surface area contributed by atoms with E-state index < -0.39 is 10.0 Å². The lowest BCUT2D eigenvalue weighted by Crippen LogP contribution is -2.22. The van der Waals surface area contributed by atoms with Crippen LogP contribution < -0.4 is 0 Å². The van der Waals surface area contributed by atoms with Gasteiger partial charge in [-0.3, -0.25) is 0 Å². The lowest BCUT2D eigenvalue weighted by atomic mass is 10.2. The standard InChI is InChI=1S/C12H14N2O3S/c1-8-4-5-9-11(18(16,17)14(2)3)7-6-10(15)12(9)13-8/h4-7,15H,1-3H3. The van der Waals surface area contributed by atoms with Crippen molar-refractivity contribution < 1.29 is 13.5 Å². The van der Waals surface area contributed by atoms with Crippen LogP contribution in [0, 0.1) is 6.92 Å². The maximum atomic E-state index is 12.2. The topological polar surface area (TPSA) is 70.5 Å². The van der Waals surface area contributed by atoms with Gasteiger partial charge in [-0.2, -0.15) is 0 Å². The van der Waals surface area contributed by atoms with Gasteiger partial charge in [0.05, 0.1) is 4.90 Å². The number of fused-ring (bicyclic) bond motifs is 1. The minimum atomic E-state index is -3.55. The fourth-order valence-corrected chi connectivity index (χ4v) is 2.77. The maximum Gasteiger partial charge on any atom is 0.243 e. The van der Waals surface area contributed by atoms with Gasteiger partial charge < -0.3 is 5.11 Å². The highest BCUT2D eigenvalue weighted by atomic mass is 32.2. The summed E-state index contributed by atoms with van der Waals surface area (Å²) in [5.74, 6) is -0.0218. The van der Waals surface area contributed by atoms with Crippen molar-refractivity contribution in [1.29, 1.82) is 0 Å². The summed E-state index contributed by atoms with van der Waals surface area (Å²) in [5, 5.41) is 10.2. The minimum absolute atomic E-state index is 0.0218. The van der Waals surface area contributed by atoms with Gasteiger partial charge in [0.25, 0.3) is 0 Å². The first kappa shape index (κ1) is 12.8. The van der Waals surface area contributed by atoms with Crippen LogP contribution in [-0.4, -0.2) is 36.9 Å². The average Bonchev–Trinajstić information content (AvgIpc) is 2.29. The van der Waals surface area contributed by atoms with E-state index >= 15 is 0 Å². The molecular weight excluding hydrogens is 252 g/mol. The molecule has 0 aliphatic rings. The number of pyridine rings is 1. The molecule has 0 atom stereocenters. The quantitative estimate of drug-likeness (QED) is 0.894. The summed E-state index contributed by atoms with van der Waals surface area (Å²) in [4.78, 5) is 4.32. The summed E-state index contributed by atoms with van der Waals surface area (Å²) in [5.41, 5.74) is 1.02. The third-order valence-corrected chi connectivity index (χ3v) is 4.57. The van der Waals surface area contributed by atoms with Gasteiger partial charge in [0, 0.05) is 25.2 Å². The maximum absolute atomic E-state index is 12.2. The molecule has 0 amide bonds. The first-order valence-electron chi connectivity index (χ1n) is 5.36. The number of hydrogen-bond acceptors (Lipinski definition) is 4. The largest absolute Gasteiger partial charge is 0.506 e. The summed E-state index contributed by atoms with van der Waals surface area (Å²) in [6.07, 6.45) is 0. The summed E-state index contributed by atoms with van der Waals surface area (Å²) in [6, 6.07) is 6.12. The summed E-state index contributed by atoms with van der Waals surface area (Å²) >= 11 is 0. The molecule has 5 nitrogen and oxygen atoms in total. The Labute approximate surface area is 106 Å². The molecule has 0 unspecified atom stereocenters. The van der Waals surface area contributed by atoms with Gasteiger partial charge in [-0.25, -0.2) is 17.7 Å². The zero-order chi connectivity index (χ0) is 13.5. The van der Waals surface area contributed by atoms with E-state index in [1.807, 2.05) is 0 Å². The van der Waals surface area contributed by atoms with E-state index in [0.29, 0.717) is 10.9 Å². The fourth-order valence-electron chi connectivity index (χ4n) is 1.70. The van der Waals surface area contributed by atoms with Crippen LogP contribution in [0.4, 0.5) is 0 Å². The Kier molecular flexibility index (Phi) is 3.00. The van der Waals surface area contributed by atoms with Gasteiger partial charge in [0.2, 0.25) is 10.0 Å². The van der Waals surface area contributed by atoms with E-state index in [1.54, 1.807) is 19.1 Å². The van der Waals surface area contributed by atoms with E-state index in [4.69, 9.17) is 0 Å². The molecule has 0 spiro atoms. The summed E-state index contributed by atoms with van der Waals surface area (Å²) < 4.78 is 25.5. The van der Waals surface area contributed by atoms with E-state index in [0.717, 1.165) is 10.00 Å². The monoisotopic (exact) mass is 266 g/mol. The molecule has 1 aromatic heterocycles. The van der Waals surface area contributed by atoms with Gasteiger partial charge in [0.15, 0.2) is 0 Å². The molecule has 0 bridgehead atoms. The van der Waals surface area contributed by atoms with E-state index in [-0.39, 0.29) is 10.6 Å². The van der Waals surface area contributed by atoms with E-state index in [9.17, 15) is 13.5 Å². The zero-order valence-corrected chi connectivity index (χ0v) is 11.2. The third-order valence-electron chi connectivity index (χ3n) is 2.69. The smallest absolute Gasteiger partial charge is 0.243 e. The van der Waals surface area contributed by atoms with Crippen LogP contribution in [-0.2, 0) is 10.0 Å². The van der Waals surface area contributed by atoms with E-state index in [1.165, 1.54) is 26.2 Å². The minimum Gasteiger partial charge on any atom is -0.506 e. The molecule has 1 N–H and O–H groups in total. The number of aromatic hydroxyl groups is 1. The molecule has 18 heavy (non-hydrogen) atoms. The molecule has 96 valence electrons. The molecule has 2 aromatic rings. The van der Waals surface area contributed by atoms with Crippen LogP contribution >= 0.6 is 0 Å². The Morgan fingerprint density at radius 3 is 2.44 bits per heavy atom. The summed E-state index contributed by atoms with van der Waals surface area (Å²) in [7, 11) is -0.615. The molecular formula is C12H14N2O3S. The first-order chi connectivity index (χ1) is 8.34. The van der Waals surface area contributed by atoms with Gasteiger partial charge in [-0.15, -0.1) is 0 Å². The van der Waals surface area contributed by atoms with Crippen molar-refractivity contribution in [2.24, 2.45) is 0 Å². The Bertz CT molecular complexity index is 709. The first-order valence-corrected chi connectivity index (χ1v) is 6.80. The van der Waals surface area contributed by atoms with Gasteiger partial charge in [-0.1, -0.05) is 0 Å². The average molecular weight is 266 g/mol. The number of aromatic nitrogens is 1. The number of hydrogen-bond donors (Lipinski definition) is 1. The van der Waals surface area contributed by atoms with Gasteiger partial charge in [0.1, 0.15) is 11.3 Å². The van der Waals surface area contributed by atoms with Crippen molar-refractivity contribution in [3.8, 4) is 5.75 Å². The van der Waals surface area contributed by atoms with Crippen LogP contribution in [0.2, 0.25) is 0 Å². The molecule has 0 aliphatic carbocycles. The molecule has 1 heterocycles. The number of phenolic OH excluding ortho intramolecular Hbond substituents is 1. The van der Waals surface area contributed by atoms with E-state index in [2.05, 4.69) is 4.98 Å². The third kappa shape index (κ3) is 1.93. The molecule has 0 saturated heterocycles. The lowest BCUT2D eigenvalue weighted by molar-refractivity contribution is 0.479. The predicted octanol–water partition coefficient (Wildman–Crippen LogP) is 1.50. The van der Waals surface area contributed by atoms with Crippen LogP contribution in [0.1, 0.15) is 5.69 Å². The Hall–Kier alpha value is -1.66. The Morgan fingerprint density at radius 1 is 1.17 bits per heavy atom. The van der Waals surface area contributed by atoms with Crippen molar-refractivity contribution in [1.82, 2.24) is 9.29 Å². The highest BCUT2D eigenvalue weighted by Gasteiger charge is 2.21. The normalized spacial score (nSPS) is 12.2. The van der Waals surface area contributed by atoms with Crippen LogP contribution in [0.5, 0.6) is 5.75 Å². The fraction of sp³-hybridized carbons (Fsp3) is 0.250. The second-order valence-corrected chi connectivity index (χ2v) is 6.34. The van der Waals surface area contributed by atoms with Crippen molar-refractivity contribution in [3.05, 3.63) is 30.0 Å². The second-order valence-electron chi connectivity index (χ2n) is 4.22. The number of benzene rings is 1. The molecule has 6 heteroatoms. The van der Waals surface area contributed by atoms with Crippen molar-refractivity contribution in [2.45, 2.75) is 11.8 Å². The number of aryl methyl sites for hydroxylation is 1. The zero-order valence-electron chi connectivity index (χ0n) is 10.4. The van der Waals surface area contributed by atoms with Gasteiger partial charge >= 0.3 is 0 Å². The highest BCUT2D eigenvalue weighted by molar-refractivity contribution is 7.89. The van der Waals surface area contributed by atoms with Crippen molar-refractivity contribution in [3.63, 3.8) is 0 Å². The van der Waals surface area contributed by atoms with Crippen LogP contribution in [0.3, 0.4) is 0 Å². The number of nitrogens with zero attached hydrogens (tertiary/aromatic N) is 2. The number of rotatable bonds is 2. The molecule has 0 aliphatic heterocycles. The second kappa shape index (κ2) is 4.22. The molecule has 1 aromatic carbocycles.